The van der Waals surface area contributed by atoms with Crippen LogP contribution in [-0.2, 0) is 4.79 Å². The van der Waals surface area contributed by atoms with Gasteiger partial charge < -0.3 is 25.3 Å². The number of fused-ring (bicyclic) bond motifs is 1. The fourth-order valence-electron chi connectivity index (χ4n) is 4.61. The standard InChI is InChI=1S/C27H32ClN5O4.ClH/c1-15(2)30-19-9-5-16(6-10-19)25(34)32-23-20-13-17(27(36)33(3)4)7-11-21(20)37-24(23)26(35)31-22-12-8-18(28)14-29-22;/h7-8,11-16,19,30H,5-6,9-10H2,1-4H3,(H,32,34)(H,29,31,35);1H/t16-,19-;. The van der Waals surface area contributed by atoms with E-state index in [2.05, 4.69) is 34.8 Å². The Labute approximate surface area is 233 Å². The molecule has 0 saturated heterocycles. The van der Waals surface area contributed by atoms with Crippen LogP contribution < -0.4 is 16.0 Å². The second-order valence-corrected chi connectivity index (χ2v) is 10.3. The van der Waals surface area contributed by atoms with Crippen molar-refractivity contribution >= 4 is 64.2 Å². The third-order valence-electron chi connectivity index (χ3n) is 6.43. The van der Waals surface area contributed by atoms with Gasteiger partial charge in [-0.1, -0.05) is 25.4 Å². The number of rotatable bonds is 7. The van der Waals surface area contributed by atoms with Crippen LogP contribution >= 0.6 is 24.0 Å². The van der Waals surface area contributed by atoms with Gasteiger partial charge in [-0.25, -0.2) is 4.98 Å². The van der Waals surface area contributed by atoms with Gasteiger partial charge in [-0.15, -0.1) is 12.4 Å². The van der Waals surface area contributed by atoms with Crippen LogP contribution in [0.1, 0.15) is 60.4 Å². The molecule has 38 heavy (non-hydrogen) atoms. The quantitative estimate of drug-likeness (QED) is 0.358. The summed E-state index contributed by atoms with van der Waals surface area (Å²) in [7, 11) is 3.32. The minimum absolute atomic E-state index is 0. The van der Waals surface area contributed by atoms with Crippen LogP contribution in [-0.4, -0.2) is 53.8 Å². The van der Waals surface area contributed by atoms with E-state index in [-0.39, 0.29) is 47.4 Å². The molecule has 2 heterocycles. The number of nitrogens with one attached hydrogen (secondary N) is 3. The Balaban J connectivity index is 0.00000400. The van der Waals surface area contributed by atoms with Crippen molar-refractivity contribution in [1.29, 1.82) is 0 Å². The zero-order valence-corrected chi connectivity index (χ0v) is 23.4. The monoisotopic (exact) mass is 561 g/mol. The molecular weight excluding hydrogens is 529 g/mol. The number of halogens is 2. The maximum absolute atomic E-state index is 13.3. The van der Waals surface area contributed by atoms with Gasteiger partial charge in [0.25, 0.3) is 11.8 Å². The molecule has 1 fully saturated rings. The summed E-state index contributed by atoms with van der Waals surface area (Å²) < 4.78 is 5.89. The second-order valence-electron chi connectivity index (χ2n) is 9.89. The number of aromatic nitrogens is 1. The highest BCUT2D eigenvalue weighted by molar-refractivity contribution is 6.30. The number of amides is 3. The number of nitrogens with zero attached hydrogens (tertiary/aromatic N) is 2. The van der Waals surface area contributed by atoms with Gasteiger partial charge in [-0.05, 0) is 56.0 Å². The predicted octanol–water partition coefficient (Wildman–Crippen LogP) is 5.35. The molecule has 3 aromatic rings. The molecule has 0 unspecified atom stereocenters. The van der Waals surface area contributed by atoms with Crippen molar-refractivity contribution in [2.75, 3.05) is 24.7 Å². The highest BCUT2D eigenvalue weighted by Crippen LogP contribution is 2.34. The molecule has 0 atom stereocenters. The maximum atomic E-state index is 13.3. The number of benzene rings is 1. The Morgan fingerprint density at radius 1 is 1.05 bits per heavy atom. The topological polar surface area (TPSA) is 117 Å². The molecule has 1 aliphatic rings. The van der Waals surface area contributed by atoms with Gasteiger partial charge in [0.05, 0.1) is 5.02 Å². The number of hydrogen-bond acceptors (Lipinski definition) is 6. The third kappa shape index (κ3) is 6.83. The molecule has 3 amide bonds. The van der Waals surface area contributed by atoms with Crippen molar-refractivity contribution in [2.45, 2.75) is 51.6 Å². The molecule has 1 saturated carbocycles. The van der Waals surface area contributed by atoms with Crippen molar-refractivity contribution in [3.63, 3.8) is 0 Å². The summed E-state index contributed by atoms with van der Waals surface area (Å²) in [6.07, 6.45) is 4.71. The van der Waals surface area contributed by atoms with E-state index in [4.69, 9.17) is 16.0 Å². The lowest BCUT2D eigenvalue weighted by atomic mass is 9.85. The van der Waals surface area contributed by atoms with Gasteiger partial charge in [0.2, 0.25) is 11.7 Å². The van der Waals surface area contributed by atoms with Crippen LogP contribution in [0.25, 0.3) is 11.0 Å². The maximum Gasteiger partial charge on any atom is 0.294 e. The van der Waals surface area contributed by atoms with E-state index < -0.39 is 5.91 Å². The summed E-state index contributed by atoms with van der Waals surface area (Å²) >= 11 is 5.89. The Bertz CT molecular complexity index is 1300. The van der Waals surface area contributed by atoms with Crippen molar-refractivity contribution in [3.8, 4) is 0 Å². The lowest BCUT2D eigenvalue weighted by Gasteiger charge is -2.29. The summed E-state index contributed by atoms with van der Waals surface area (Å²) in [5.41, 5.74) is 1.03. The van der Waals surface area contributed by atoms with Crippen molar-refractivity contribution in [2.24, 2.45) is 5.92 Å². The molecule has 0 aliphatic heterocycles. The Morgan fingerprint density at radius 3 is 2.37 bits per heavy atom. The highest BCUT2D eigenvalue weighted by Gasteiger charge is 2.30. The molecule has 0 bridgehead atoms. The summed E-state index contributed by atoms with van der Waals surface area (Å²) in [6, 6.07) is 8.85. The average Bonchev–Trinajstić information content (AvgIpc) is 3.22. The van der Waals surface area contributed by atoms with E-state index >= 15 is 0 Å². The number of furan rings is 1. The van der Waals surface area contributed by atoms with Gasteiger partial charge in [-0.2, -0.15) is 0 Å². The summed E-state index contributed by atoms with van der Waals surface area (Å²) in [6.45, 7) is 4.23. The molecule has 0 spiro atoms. The van der Waals surface area contributed by atoms with Crippen LogP contribution in [0.4, 0.5) is 11.5 Å². The molecule has 204 valence electrons. The second kappa shape index (κ2) is 12.6. The molecule has 0 radical (unpaired) electrons. The first-order chi connectivity index (χ1) is 17.6. The third-order valence-corrected chi connectivity index (χ3v) is 6.66. The molecule has 2 aromatic heterocycles. The summed E-state index contributed by atoms with van der Waals surface area (Å²) in [5.74, 6) is -0.917. The van der Waals surface area contributed by atoms with E-state index in [0.717, 1.165) is 25.7 Å². The zero-order chi connectivity index (χ0) is 26.7. The van der Waals surface area contributed by atoms with Crippen LogP contribution in [0.15, 0.2) is 40.9 Å². The molecule has 4 rings (SSSR count). The Kier molecular flexibility index (Phi) is 9.76. The van der Waals surface area contributed by atoms with Crippen LogP contribution in [0, 0.1) is 5.92 Å². The first-order valence-electron chi connectivity index (χ1n) is 12.4. The van der Waals surface area contributed by atoms with E-state index in [1.54, 1.807) is 44.4 Å². The molecule has 1 aromatic carbocycles. The molecular formula is C27H33Cl2N5O4. The van der Waals surface area contributed by atoms with E-state index in [1.165, 1.54) is 11.1 Å². The number of carbonyl (C=O) groups is 3. The van der Waals surface area contributed by atoms with Crippen LogP contribution in [0.3, 0.4) is 0 Å². The molecule has 9 nitrogen and oxygen atoms in total. The smallest absolute Gasteiger partial charge is 0.294 e. The number of hydrogen-bond donors (Lipinski definition) is 3. The normalized spacial score (nSPS) is 17.1. The first kappa shape index (κ1) is 29.4. The summed E-state index contributed by atoms with van der Waals surface area (Å²) in [5, 5.41) is 10.1. The molecule has 1 aliphatic carbocycles. The lowest BCUT2D eigenvalue weighted by molar-refractivity contribution is -0.120. The molecule has 3 N–H and O–H groups in total. The fourth-order valence-corrected chi connectivity index (χ4v) is 4.73. The van der Waals surface area contributed by atoms with Crippen LogP contribution in [0.5, 0.6) is 0 Å². The highest BCUT2D eigenvalue weighted by atomic mass is 35.5. The molecule has 11 heteroatoms. The zero-order valence-electron chi connectivity index (χ0n) is 21.8. The van der Waals surface area contributed by atoms with Gasteiger partial charge >= 0.3 is 0 Å². The predicted molar refractivity (Wildman–Crippen MR) is 151 cm³/mol. The first-order valence-corrected chi connectivity index (χ1v) is 12.8. The van der Waals surface area contributed by atoms with E-state index in [1.807, 2.05) is 0 Å². The van der Waals surface area contributed by atoms with Crippen molar-refractivity contribution in [3.05, 3.63) is 52.9 Å². The van der Waals surface area contributed by atoms with Gasteiger partial charge in [-0.3, -0.25) is 14.4 Å². The summed E-state index contributed by atoms with van der Waals surface area (Å²) in [4.78, 5) is 44.7. The van der Waals surface area contributed by atoms with E-state index in [9.17, 15) is 14.4 Å². The van der Waals surface area contributed by atoms with Crippen LogP contribution in [0.2, 0.25) is 5.02 Å². The fraction of sp³-hybridized carbons (Fsp3) is 0.407. The SMILES string of the molecule is CC(C)N[C@H]1CC[C@H](C(=O)Nc2c(C(=O)Nc3ccc(Cl)cn3)oc3ccc(C(=O)N(C)C)cc23)CC1.Cl. The number of pyridine rings is 1. The van der Waals surface area contributed by atoms with E-state index in [0.29, 0.717) is 33.6 Å². The minimum Gasteiger partial charge on any atom is -0.449 e. The number of anilines is 2. The largest absolute Gasteiger partial charge is 0.449 e. The Hall–Kier alpha value is -3.14. The Morgan fingerprint density at radius 2 is 1.76 bits per heavy atom. The minimum atomic E-state index is -0.577. The lowest BCUT2D eigenvalue weighted by Crippen LogP contribution is -2.39. The average molecular weight is 562 g/mol. The number of carbonyl (C=O) groups excluding carboxylic acids is 3. The van der Waals surface area contributed by atoms with Gasteiger partial charge in [0.1, 0.15) is 17.1 Å². The van der Waals surface area contributed by atoms with Gasteiger partial charge in [0, 0.05) is 49.2 Å². The van der Waals surface area contributed by atoms with Crippen molar-refractivity contribution < 1.29 is 18.8 Å². The van der Waals surface area contributed by atoms with Gasteiger partial charge in [0.15, 0.2) is 0 Å². The van der Waals surface area contributed by atoms with Crippen molar-refractivity contribution in [1.82, 2.24) is 15.2 Å².